The summed E-state index contributed by atoms with van der Waals surface area (Å²) in [6.45, 7) is -0.358. The molecule has 0 aliphatic carbocycles. The zero-order valence-electron chi connectivity index (χ0n) is 12.1. The van der Waals surface area contributed by atoms with E-state index >= 15 is 0 Å². The summed E-state index contributed by atoms with van der Waals surface area (Å²) in [5.41, 5.74) is 0.395. The number of anilines is 1. The molecule has 2 rings (SSSR count). The monoisotopic (exact) mass is 321 g/mol. The van der Waals surface area contributed by atoms with Gasteiger partial charge in [0.05, 0.1) is 12.7 Å². The van der Waals surface area contributed by atoms with Gasteiger partial charge in [0.2, 0.25) is 0 Å². The Labute approximate surface area is 130 Å². The number of benzene rings is 2. The van der Waals surface area contributed by atoms with Crippen LogP contribution in [0.15, 0.2) is 42.5 Å². The van der Waals surface area contributed by atoms with Crippen LogP contribution in [0.5, 0.6) is 5.75 Å². The second-order valence-electron chi connectivity index (χ2n) is 4.49. The van der Waals surface area contributed by atoms with Gasteiger partial charge in [-0.05, 0) is 30.3 Å². The van der Waals surface area contributed by atoms with Gasteiger partial charge in [-0.3, -0.25) is 4.79 Å². The van der Waals surface area contributed by atoms with Crippen LogP contribution < -0.4 is 10.1 Å². The van der Waals surface area contributed by atoms with Crippen LogP contribution in [0.2, 0.25) is 0 Å². The van der Waals surface area contributed by atoms with Gasteiger partial charge in [-0.1, -0.05) is 6.07 Å². The minimum absolute atomic E-state index is 0.112. The fraction of sp³-hybridized carbons (Fsp3) is 0.125. The van der Waals surface area contributed by atoms with E-state index in [4.69, 9.17) is 4.74 Å². The Morgan fingerprint density at radius 1 is 1.09 bits per heavy atom. The lowest BCUT2D eigenvalue weighted by atomic mass is 10.2. The highest BCUT2D eigenvalue weighted by atomic mass is 19.2. The molecule has 1 N–H and O–H groups in total. The molecule has 0 saturated carbocycles. The van der Waals surface area contributed by atoms with Crippen LogP contribution in [0.4, 0.5) is 14.5 Å². The molecular weight excluding hydrogens is 308 g/mol. The molecule has 0 aliphatic rings. The predicted octanol–water partition coefficient (Wildman–Crippen LogP) is 2.77. The van der Waals surface area contributed by atoms with Crippen molar-refractivity contribution in [1.82, 2.24) is 0 Å². The standard InChI is InChI=1S/C16H13F2NO4/c1-22-16(21)10-3-2-4-12(7-10)23-9-15(20)19-11-5-6-13(17)14(18)8-11/h2-8H,9H2,1H3,(H,19,20). The summed E-state index contributed by atoms with van der Waals surface area (Å²) in [4.78, 5) is 23.1. The Morgan fingerprint density at radius 2 is 1.87 bits per heavy atom. The summed E-state index contributed by atoms with van der Waals surface area (Å²) < 4.78 is 35.6. The van der Waals surface area contributed by atoms with E-state index in [1.165, 1.54) is 19.2 Å². The van der Waals surface area contributed by atoms with E-state index in [2.05, 4.69) is 10.1 Å². The molecule has 0 spiro atoms. The minimum Gasteiger partial charge on any atom is -0.484 e. The maximum atomic E-state index is 13.0. The maximum Gasteiger partial charge on any atom is 0.337 e. The molecular formula is C16H13F2NO4. The van der Waals surface area contributed by atoms with Gasteiger partial charge in [0.15, 0.2) is 18.2 Å². The van der Waals surface area contributed by atoms with Crippen LogP contribution in [0.1, 0.15) is 10.4 Å². The fourth-order valence-electron chi connectivity index (χ4n) is 1.75. The van der Waals surface area contributed by atoms with Crippen molar-refractivity contribution in [1.29, 1.82) is 0 Å². The number of nitrogens with one attached hydrogen (secondary N) is 1. The molecule has 0 fully saturated rings. The quantitative estimate of drug-likeness (QED) is 0.860. The van der Waals surface area contributed by atoms with Crippen molar-refractivity contribution in [3.05, 3.63) is 59.7 Å². The van der Waals surface area contributed by atoms with Crippen molar-refractivity contribution in [3.63, 3.8) is 0 Å². The van der Waals surface area contributed by atoms with Gasteiger partial charge in [0.25, 0.3) is 5.91 Å². The summed E-state index contributed by atoms with van der Waals surface area (Å²) in [5.74, 6) is -2.84. The van der Waals surface area contributed by atoms with E-state index in [0.29, 0.717) is 5.75 Å². The van der Waals surface area contributed by atoms with Gasteiger partial charge in [0, 0.05) is 11.8 Å². The van der Waals surface area contributed by atoms with E-state index in [-0.39, 0.29) is 17.9 Å². The molecule has 1 amide bonds. The zero-order valence-corrected chi connectivity index (χ0v) is 12.1. The van der Waals surface area contributed by atoms with Gasteiger partial charge >= 0.3 is 5.97 Å². The number of hydrogen-bond donors (Lipinski definition) is 1. The molecule has 0 atom stereocenters. The molecule has 2 aromatic carbocycles. The first kappa shape index (κ1) is 16.4. The predicted molar refractivity (Wildman–Crippen MR) is 78.3 cm³/mol. The lowest BCUT2D eigenvalue weighted by Gasteiger charge is -2.08. The van der Waals surface area contributed by atoms with E-state index in [1.54, 1.807) is 18.2 Å². The maximum absolute atomic E-state index is 13.0. The Bertz CT molecular complexity index is 734. The van der Waals surface area contributed by atoms with Crippen molar-refractivity contribution >= 4 is 17.6 Å². The highest BCUT2D eigenvalue weighted by molar-refractivity contribution is 5.92. The Balaban J connectivity index is 1.94. The third-order valence-electron chi connectivity index (χ3n) is 2.83. The van der Waals surface area contributed by atoms with Gasteiger partial charge in [0.1, 0.15) is 5.75 Å². The molecule has 5 nitrogen and oxygen atoms in total. The Kier molecular flexibility index (Phi) is 5.24. The third-order valence-corrected chi connectivity index (χ3v) is 2.83. The highest BCUT2D eigenvalue weighted by Gasteiger charge is 2.09. The van der Waals surface area contributed by atoms with E-state index < -0.39 is 23.5 Å². The summed E-state index contributed by atoms with van der Waals surface area (Å²) in [7, 11) is 1.26. The molecule has 23 heavy (non-hydrogen) atoms. The second kappa shape index (κ2) is 7.35. The van der Waals surface area contributed by atoms with Gasteiger partial charge in [-0.15, -0.1) is 0 Å². The van der Waals surface area contributed by atoms with Crippen LogP contribution >= 0.6 is 0 Å². The summed E-state index contributed by atoms with van der Waals surface area (Å²) >= 11 is 0. The summed E-state index contributed by atoms with van der Waals surface area (Å²) in [6.07, 6.45) is 0. The van der Waals surface area contributed by atoms with Crippen LogP contribution in [0, 0.1) is 11.6 Å². The minimum atomic E-state index is -1.06. The molecule has 0 unspecified atom stereocenters. The molecule has 0 saturated heterocycles. The Morgan fingerprint density at radius 3 is 2.57 bits per heavy atom. The van der Waals surface area contributed by atoms with Crippen molar-refractivity contribution in [2.45, 2.75) is 0 Å². The SMILES string of the molecule is COC(=O)c1cccc(OCC(=O)Nc2ccc(F)c(F)c2)c1. The number of methoxy groups -OCH3 is 1. The van der Waals surface area contributed by atoms with Crippen molar-refractivity contribution < 1.29 is 27.8 Å². The number of amides is 1. The average Bonchev–Trinajstić information content (AvgIpc) is 2.56. The fourth-order valence-corrected chi connectivity index (χ4v) is 1.75. The zero-order chi connectivity index (χ0) is 16.8. The van der Waals surface area contributed by atoms with E-state index in [1.807, 2.05) is 0 Å². The molecule has 0 heterocycles. The normalized spacial score (nSPS) is 10.0. The number of carbonyl (C=O) groups excluding carboxylic acids is 2. The third kappa shape index (κ3) is 4.50. The summed E-state index contributed by atoms with van der Waals surface area (Å²) in [5, 5.41) is 2.37. The lowest BCUT2D eigenvalue weighted by Crippen LogP contribution is -2.20. The molecule has 0 aliphatic heterocycles. The number of carbonyl (C=O) groups is 2. The first-order chi connectivity index (χ1) is 11.0. The Hall–Kier alpha value is -2.96. The number of hydrogen-bond acceptors (Lipinski definition) is 4. The average molecular weight is 321 g/mol. The second-order valence-corrected chi connectivity index (χ2v) is 4.49. The number of esters is 1. The van der Waals surface area contributed by atoms with Crippen molar-refractivity contribution in [3.8, 4) is 5.75 Å². The summed E-state index contributed by atoms with van der Waals surface area (Å²) in [6, 6.07) is 9.12. The van der Waals surface area contributed by atoms with E-state index in [0.717, 1.165) is 12.1 Å². The number of ether oxygens (including phenoxy) is 2. The molecule has 0 aromatic heterocycles. The van der Waals surface area contributed by atoms with Crippen LogP contribution in [-0.2, 0) is 9.53 Å². The molecule has 0 bridgehead atoms. The first-order valence-corrected chi connectivity index (χ1v) is 6.55. The number of rotatable bonds is 5. The van der Waals surface area contributed by atoms with Crippen LogP contribution in [-0.4, -0.2) is 25.6 Å². The topological polar surface area (TPSA) is 64.6 Å². The largest absolute Gasteiger partial charge is 0.484 e. The van der Waals surface area contributed by atoms with Crippen LogP contribution in [0.3, 0.4) is 0 Å². The molecule has 7 heteroatoms. The smallest absolute Gasteiger partial charge is 0.337 e. The van der Waals surface area contributed by atoms with Gasteiger partial charge in [-0.2, -0.15) is 0 Å². The van der Waals surface area contributed by atoms with Crippen molar-refractivity contribution in [2.24, 2.45) is 0 Å². The lowest BCUT2D eigenvalue weighted by molar-refractivity contribution is -0.118. The first-order valence-electron chi connectivity index (χ1n) is 6.55. The van der Waals surface area contributed by atoms with Crippen LogP contribution in [0.25, 0.3) is 0 Å². The molecule has 0 radical (unpaired) electrons. The van der Waals surface area contributed by atoms with E-state index in [9.17, 15) is 18.4 Å². The van der Waals surface area contributed by atoms with Gasteiger partial charge in [-0.25, -0.2) is 13.6 Å². The molecule has 2 aromatic rings. The molecule has 120 valence electrons. The highest BCUT2D eigenvalue weighted by Crippen LogP contribution is 2.15. The van der Waals surface area contributed by atoms with Gasteiger partial charge < -0.3 is 14.8 Å². The van der Waals surface area contributed by atoms with Crippen molar-refractivity contribution in [2.75, 3.05) is 19.0 Å². The number of halogens is 2.